The summed E-state index contributed by atoms with van der Waals surface area (Å²) in [6.45, 7) is 1.99. The quantitative estimate of drug-likeness (QED) is 0.665. The Morgan fingerprint density at radius 2 is 1.81 bits per heavy atom. The van der Waals surface area contributed by atoms with Gasteiger partial charge in [0.2, 0.25) is 10.0 Å². The first-order valence-corrected chi connectivity index (χ1v) is 10.2. The Morgan fingerprint density at radius 3 is 2.43 bits per heavy atom. The smallest absolute Gasteiger partial charge is 0.274 e. The molecule has 0 aromatic carbocycles. The zero-order valence-corrected chi connectivity index (χ0v) is 13.5. The molecule has 0 amide bonds. The lowest BCUT2D eigenvalue weighted by Gasteiger charge is -2.35. The number of piperidine rings is 1. The molecule has 0 aromatic rings. The summed E-state index contributed by atoms with van der Waals surface area (Å²) in [7, 11) is -7.06. The van der Waals surface area contributed by atoms with Gasteiger partial charge in [-0.25, -0.2) is 22.6 Å². The van der Waals surface area contributed by atoms with E-state index in [1.165, 1.54) is 4.31 Å². The highest BCUT2D eigenvalue weighted by molar-refractivity contribution is 7.89. The second-order valence-electron chi connectivity index (χ2n) is 5.62. The maximum Gasteiger partial charge on any atom is 0.274 e. The van der Waals surface area contributed by atoms with Crippen molar-refractivity contribution in [2.45, 2.75) is 30.9 Å². The lowest BCUT2D eigenvalue weighted by atomic mass is 10.0. The van der Waals surface area contributed by atoms with Crippen LogP contribution in [0.25, 0.3) is 0 Å². The first kappa shape index (κ1) is 17.1. The van der Waals surface area contributed by atoms with E-state index in [0.717, 1.165) is 12.8 Å². The number of hydrogen-bond donors (Lipinski definition) is 2. The summed E-state index contributed by atoms with van der Waals surface area (Å²) in [4.78, 5) is 0. The Morgan fingerprint density at radius 1 is 1.14 bits per heavy atom. The average Bonchev–Trinajstić information content (AvgIpc) is 2.46. The average molecular weight is 341 g/mol. The number of hydrogen-bond acceptors (Lipinski definition) is 5. The molecule has 1 atom stereocenters. The van der Waals surface area contributed by atoms with Crippen molar-refractivity contribution < 1.29 is 21.6 Å². The molecular formula is C11H23N3O5S2. The molecule has 21 heavy (non-hydrogen) atoms. The molecule has 2 aliphatic heterocycles. The fourth-order valence-corrected chi connectivity index (χ4v) is 5.32. The first-order valence-electron chi connectivity index (χ1n) is 7.13. The lowest BCUT2D eigenvalue weighted by molar-refractivity contribution is 0.0967. The Labute approximate surface area is 126 Å². The number of nitrogens with one attached hydrogen (secondary N) is 1. The number of ether oxygens (including phenoxy) is 1. The molecule has 2 fully saturated rings. The summed E-state index contributed by atoms with van der Waals surface area (Å²) >= 11 is 0. The van der Waals surface area contributed by atoms with E-state index in [0.29, 0.717) is 39.1 Å². The van der Waals surface area contributed by atoms with E-state index in [4.69, 9.17) is 9.88 Å². The predicted molar refractivity (Wildman–Crippen MR) is 78.2 cm³/mol. The van der Waals surface area contributed by atoms with Gasteiger partial charge in [-0.1, -0.05) is 0 Å². The van der Waals surface area contributed by atoms with Crippen LogP contribution in [0.1, 0.15) is 25.7 Å². The van der Waals surface area contributed by atoms with Crippen LogP contribution in [0, 0.1) is 5.92 Å². The van der Waals surface area contributed by atoms with Gasteiger partial charge in [0.1, 0.15) is 0 Å². The van der Waals surface area contributed by atoms with Crippen LogP contribution in [-0.4, -0.2) is 59.2 Å². The Balaban J connectivity index is 1.96. The molecule has 2 saturated heterocycles. The molecule has 0 bridgehead atoms. The highest BCUT2D eigenvalue weighted by atomic mass is 32.2. The third-order valence-corrected chi connectivity index (χ3v) is 6.94. The summed E-state index contributed by atoms with van der Waals surface area (Å²) in [5.41, 5.74) is 0. The van der Waals surface area contributed by atoms with Crippen molar-refractivity contribution in [1.29, 1.82) is 0 Å². The van der Waals surface area contributed by atoms with Gasteiger partial charge < -0.3 is 4.74 Å². The summed E-state index contributed by atoms with van der Waals surface area (Å²) < 4.78 is 56.0. The van der Waals surface area contributed by atoms with Crippen molar-refractivity contribution >= 4 is 20.2 Å². The molecule has 8 nitrogen and oxygen atoms in total. The van der Waals surface area contributed by atoms with Crippen molar-refractivity contribution in [3.05, 3.63) is 0 Å². The van der Waals surface area contributed by atoms with Gasteiger partial charge in [-0.3, -0.25) is 0 Å². The van der Waals surface area contributed by atoms with Crippen LogP contribution in [0.4, 0.5) is 0 Å². The minimum Gasteiger partial charge on any atom is -0.381 e. The Hall–Kier alpha value is -0.260. The predicted octanol–water partition coefficient (Wildman–Crippen LogP) is -1.000. The fraction of sp³-hybridized carbons (Fsp3) is 1.00. The van der Waals surface area contributed by atoms with Crippen LogP contribution in [0.2, 0.25) is 0 Å². The molecule has 0 radical (unpaired) electrons. The topological polar surface area (TPSA) is 119 Å². The molecule has 2 heterocycles. The minimum atomic E-state index is -3.73. The Kier molecular flexibility index (Phi) is 5.60. The van der Waals surface area contributed by atoms with Crippen LogP contribution in [-0.2, 0) is 25.0 Å². The van der Waals surface area contributed by atoms with Crippen molar-refractivity contribution in [2.24, 2.45) is 11.1 Å². The zero-order chi connectivity index (χ0) is 15.5. The van der Waals surface area contributed by atoms with Crippen molar-refractivity contribution in [2.75, 3.05) is 32.8 Å². The molecule has 0 aliphatic carbocycles. The number of sulfonamides is 1. The van der Waals surface area contributed by atoms with Gasteiger partial charge in [0.15, 0.2) is 0 Å². The van der Waals surface area contributed by atoms with E-state index in [9.17, 15) is 16.8 Å². The Bertz CT molecular complexity index is 542. The molecule has 2 aliphatic rings. The van der Waals surface area contributed by atoms with E-state index < -0.39 is 20.2 Å². The molecule has 0 saturated carbocycles. The van der Waals surface area contributed by atoms with E-state index in [1.54, 1.807) is 0 Å². The van der Waals surface area contributed by atoms with Crippen molar-refractivity contribution in [1.82, 2.24) is 9.03 Å². The second kappa shape index (κ2) is 6.88. The number of rotatable bonds is 5. The fourth-order valence-electron chi connectivity index (χ4n) is 2.84. The van der Waals surface area contributed by atoms with Crippen LogP contribution < -0.4 is 9.86 Å². The van der Waals surface area contributed by atoms with Gasteiger partial charge in [-0.05, 0) is 31.6 Å². The number of nitrogens with zero attached hydrogens (tertiary/aromatic N) is 1. The third-order valence-electron chi connectivity index (χ3n) is 4.00. The molecule has 124 valence electrons. The normalized spacial score (nSPS) is 26.8. The van der Waals surface area contributed by atoms with Crippen LogP contribution >= 0.6 is 0 Å². The van der Waals surface area contributed by atoms with Crippen LogP contribution in [0.15, 0.2) is 0 Å². The van der Waals surface area contributed by atoms with Gasteiger partial charge in [0.05, 0.1) is 5.25 Å². The molecule has 0 spiro atoms. The van der Waals surface area contributed by atoms with Gasteiger partial charge in [-0.15, -0.1) is 0 Å². The third kappa shape index (κ3) is 4.86. The van der Waals surface area contributed by atoms with Gasteiger partial charge in [0.25, 0.3) is 10.2 Å². The summed E-state index contributed by atoms with van der Waals surface area (Å²) in [5, 5.41) is 4.53. The molecular weight excluding hydrogens is 318 g/mol. The summed E-state index contributed by atoms with van der Waals surface area (Å²) in [6.07, 6.45) is 2.58. The highest BCUT2D eigenvalue weighted by Gasteiger charge is 2.36. The van der Waals surface area contributed by atoms with E-state index in [2.05, 4.69) is 4.72 Å². The molecule has 1 unspecified atom stereocenters. The SMILES string of the molecule is NS(=O)(=O)NCC1CCCN(S(=O)(=O)C2CCOCC2)C1. The first-order chi connectivity index (χ1) is 9.79. The maximum atomic E-state index is 12.6. The molecule has 3 N–H and O–H groups in total. The second-order valence-corrected chi connectivity index (χ2v) is 9.21. The van der Waals surface area contributed by atoms with Crippen molar-refractivity contribution in [3.63, 3.8) is 0 Å². The summed E-state index contributed by atoms with van der Waals surface area (Å²) in [6, 6.07) is 0. The lowest BCUT2D eigenvalue weighted by Crippen LogP contribution is -2.48. The number of nitrogens with two attached hydrogens (primary N) is 1. The highest BCUT2D eigenvalue weighted by Crippen LogP contribution is 2.25. The van der Waals surface area contributed by atoms with Gasteiger partial charge in [-0.2, -0.15) is 8.42 Å². The van der Waals surface area contributed by atoms with E-state index >= 15 is 0 Å². The van der Waals surface area contributed by atoms with Crippen molar-refractivity contribution in [3.8, 4) is 0 Å². The van der Waals surface area contributed by atoms with Crippen LogP contribution in [0.5, 0.6) is 0 Å². The molecule has 0 aromatic heterocycles. The summed E-state index contributed by atoms with van der Waals surface area (Å²) in [5.74, 6) is -0.0355. The van der Waals surface area contributed by atoms with Crippen LogP contribution in [0.3, 0.4) is 0 Å². The monoisotopic (exact) mass is 341 g/mol. The molecule has 2 rings (SSSR count). The minimum absolute atomic E-state index is 0.0355. The largest absolute Gasteiger partial charge is 0.381 e. The van der Waals surface area contributed by atoms with Gasteiger partial charge >= 0.3 is 0 Å². The van der Waals surface area contributed by atoms with E-state index in [1.807, 2.05) is 0 Å². The molecule has 10 heteroatoms. The maximum absolute atomic E-state index is 12.6. The standard InChI is InChI=1S/C11H23N3O5S2/c12-21(17,18)13-8-10-2-1-5-14(9-10)20(15,16)11-3-6-19-7-4-11/h10-11,13H,1-9H2,(H2,12,17,18). The van der Waals surface area contributed by atoms with Gasteiger partial charge in [0, 0.05) is 32.8 Å². The van der Waals surface area contributed by atoms with E-state index in [-0.39, 0.29) is 17.7 Å². The zero-order valence-electron chi connectivity index (χ0n) is 11.9.